The van der Waals surface area contributed by atoms with Gasteiger partial charge in [0, 0.05) is 42.0 Å². The highest BCUT2D eigenvalue weighted by Crippen LogP contribution is 2.26. The van der Waals surface area contributed by atoms with Crippen LogP contribution in [0.5, 0.6) is 0 Å². The van der Waals surface area contributed by atoms with E-state index in [1.54, 1.807) is 0 Å². The number of ketones is 1. The zero-order valence-electron chi connectivity index (χ0n) is 11.5. The lowest BCUT2D eigenvalue weighted by Gasteiger charge is -2.21. The van der Waals surface area contributed by atoms with Crippen molar-refractivity contribution in [3.63, 3.8) is 0 Å². The van der Waals surface area contributed by atoms with E-state index in [1.807, 2.05) is 0 Å². The number of nitrogens with one attached hydrogen (secondary N) is 2. The Hall–Kier alpha value is -1.61. The zero-order valence-corrected chi connectivity index (χ0v) is 11.5. The summed E-state index contributed by atoms with van der Waals surface area (Å²) in [5.74, 6) is 0.535. The number of benzene rings is 1. The van der Waals surface area contributed by atoms with Gasteiger partial charge in [0.05, 0.1) is 0 Å². The average Bonchev–Trinajstić information content (AvgIpc) is 2.68. The largest absolute Gasteiger partial charge is 0.358 e. The molecule has 2 heterocycles. The molecule has 0 amide bonds. The Balaban J connectivity index is 1.96. The first-order valence-corrected chi connectivity index (χ1v) is 6.96. The van der Waals surface area contributed by atoms with E-state index in [0.29, 0.717) is 12.2 Å². The van der Waals surface area contributed by atoms with Crippen LogP contribution in [-0.2, 0) is 11.2 Å². The summed E-state index contributed by atoms with van der Waals surface area (Å²) in [6.07, 6.45) is 1.52. The van der Waals surface area contributed by atoms with E-state index in [4.69, 9.17) is 0 Å². The maximum Gasteiger partial charge on any atom is 0.138 e. The number of aromatic amines is 1. The van der Waals surface area contributed by atoms with Crippen LogP contribution in [0.15, 0.2) is 18.2 Å². The van der Waals surface area contributed by atoms with Crippen LogP contribution >= 0.6 is 0 Å². The summed E-state index contributed by atoms with van der Waals surface area (Å²) < 4.78 is 0. The Bertz CT molecular complexity index is 627. The Morgan fingerprint density at radius 2 is 2.16 bits per heavy atom. The lowest BCUT2D eigenvalue weighted by atomic mass is 9.90. The molecule has 3 heteroatoms. The maximum absolute atomic E-state index is 12.0. The average molecular weight is 256 g/mol. The number of carbonyl (C=O) groups excluding carboxylic acids is 1. The summed E-state index contributed by atoms with van der Waals surface area (Å²) in [6.45, 7) is 5.85. The molecule has 2 aromatic rings. The SMILES string of the molecule is Cc1ccc2c(CC3CNCCC3=O)c(C)[nH]c2c1. The molecule has 2 N–H and O–H groups in total. The molecule has 3 nitrogen and oxygen atoms in total. The van der Waals surface area contributed by atoms with E-state index in [-0.39, 0.29) is 5.92 Å². The molecule has 3 rings (SSSR count). The summed E-state index contributed by atoms with van der Waals surface area (Å²) in [5.41, 5.74) is 4.94. The molecule has 1 aromatic heterocycles. The number of aromatic nitrogens is 1. The van der Waals surface area contributed by atoms with Gasteiger partial charge in [-0.15, -0.1) is 0 Å². The molecule has 1 saturated heterocycles. The van der Waals surface area contributed by atoms with Crippen molar-refractivity contribution in [3.8, 4) is 0 Å². The van der Waals surface area contributed by atoms with Crippen molar-refractivity contribution in [3.05, 3.63) is 35.0 Å². The van der Waals surface area contributed by atoms with E-state index in [9.17, 15) is 4.79 Å². The van der Waals surface area contributed by atoms with Crippen LogP contribution in [0, 0.1) is 19.8 Å². The lowest BCUT2D eigenvalue weighted by Crippen LogP contribution is -2.38. The number of aryl methyl sites for hydroxylation is 2. The highest BCUT2D eigenvalue weighted by atomic mass is 16.1. The summed E-state index contributed by atoms with van der Waals surface area (Å²) in [7, 11) is 0. The highest BCUT2D eigenvalue weighted by Gasteiger charge is 2.24. The van der Waals surface area contributed by atoms with Crippen molar-refractivity contribution in [1.82, 2.24) is 10.3 Å². The van der Waals surface area contributed by atoms with Gasteiger partial charge in [0.2, 0.25) is 0 Å². The van der Waals surface area contributed by atoms with Gasteiger partial charge < -0.3 is 10.3 Å². The van der Waals surface area contributed by atoms with Crippen LogP contribution in [0.25, 0.3) is 10.9 Å². The van der Waals surface area contributed by atoms with Crippen LogP contribution < -0.4 is 5.32 Å². The number of fused-ring (bicyclic) bond motifs is 1. The van der Waals surface area contributed by atoms with Crippen molar-refractivity contribution >= 4 is 16.7 Å². The molecule has 0 saturated carbocycles. The number of hydrogen-bond donors (Lipinski definition) is 2. The summed E-state index contributed by atoms with van der Waals surface area (Å²) in [5, 5.41) is 4.59. The maximum atomic E-state index is 12.0. The topological polar surface area (TPSA) is 44.9 Å². The second-order valence-electron chi connectivity index (χ2n) is 5.60. The quantitative estimate of drug-likeness (QED) is 0.867. The van der Waals surface area contributed by atoms with Crippen molar-refractivity contribution in [1.29, 1.82) is 0 Å². The number of H-pyrrole nitrogens is 1. The van der Waals surface area contributed by atoms with E-state index >= 15 is 0 Å². The Morgan fingerprint density at radius 1 is 1.32 bits per heavy atom. The normalized spacial score (nSPS) is 20.1. The number of piperidine rings is 1. The van der Waals surface area contributed by atoms with Crippen molar-refractivity contribution in [2.24, 2.45) is 5.92 Å². The molecule has 0 spiro atoms. The van der Waals surface area contributed by atoms with Gasteiger partial charge in [-0.2, -0.15) is 0 Å². The minimum Gasteiger partial charge on any atom is -0.358 e. The highest BCUT2D eigenvalue weighted by molar-refractivity contribution is 5.87. The summed E-state index contributed by atoms with van der Waals surface area (Å²) >= 11 is 0. The minimum atomic E-state index is 0.132. The first-order chi connectivity index (χ1) is 9.15. The standard InChI is InChI=1S/C16H20N2O/c1-10-3-4-13-14(11(2)18-15(13)7-10)8-12-9-17-6-5-16(12)19/h3-4,7,12,17-18H,5-6,8-9H2,1-2H3. The third-order valence-corrected chi connectivity index (χ3v) is 4.12. The zero-order chi connectivity index (χ0) is 13.4. The molecule has 1 aliphatic rings. The predicted molar refractivity (Wildman–Crippen MR) is 77.5 cm³/mol. The fourth-order valence-corrected chi connectivity index (χ4v) is 3.01. The number of rotatable bonds is 2. The van der Waals surface area contributed by atoms with E-state index in [2.05, 4.69) is 42.3 Å². The van der Waals surface area contributed by atoms with Crippen molar-refractivity contribution in [2.75, 3.05) is 13.1 Å². The van der Waals surface area contributed by atoms with Gasteiger partial charge in [-0.25, -0.2) is 0 Å². The van der Waals surface area contributed by atoms with Gasteiger partial charge in [-0.05, 0) is 37.5 Å². The molecule has 1 unspecified atom stereocenters. The molecule has 0 bridgehead atoms. The van der Waals surface area contributed by atoms with Crippen molar-refractivity contribution < 1.29 is 4.79 Å². The molecule has 1 fully saturated rings. The van der Waals surface area contributed by atoms with Gasteiger partial charge in [-0.1, -0.05) is 12.1 Å². The predicted octanol–water partition coefficient (Wildman–Crippen LogP) is 2.51. The van der Waals surface area contributed by atoms with Gasteiger partial charge in [0.15, 0.2) is 0 Å². The number of Topliss-reactive ketones (excluding diaryl/α,β-unsaturated/α-hetero) is 1. The molecule has 1 aliphatic heterocycles. The number of hydrogen-bond acceptors (Lipinski definition) is 2. The molecule has 1 aromatic carbocycles. The van der Waals surface area contributed by atoms with Crippen LogP contribution in [0.4, 0.5) is 0 Å². The molecule has 19 heavy (non-hydrogen) atoms. The van der Waals surface area contributed by atoms with Crippen LogP contribution in [0.1, 0.15) is 23.2 Å². The summed E-state index contributed by atoms with van der Waals surface area (Å²) in [4.78, 5) is 15.4. The molecule has 0 aliphatic carbocycles. The minimum absolute atomic E-state index is 0.132. The van der Waals surface area contributed by atoms with Crippen LogP contribution in [0.2, 0.25) is 0 Å². The second kappa shape index (κ2) is 4.82. The Morgan fingerprint density at radius 3 is 2.95 bits per heavy atom. The molecule has 1 atom stereocenters. The molecule has 0 radical (unpaired) electrons. The Kier molecular flexibility index (Phi) is 3.15. The van der Waals surface area contributed by atoms with Gasteiger partial charge in [0.25, 0.3) is 0 Å². The molecule has 100 valence electrons. The van der Waals surface area contributed by atoms with E-state index in [1.165, 1.54) is 27.7 Å². The molecular weight excluding hydrogens is 236 g/mol. The first kappa shape index (κ1) is 12.4. The fraction of sp³-hybridized carbons (Fsp3) is 0.438. The van der Waals surface area contributed by atoms with Crippen molar-refractivity contribution in [2.45, 2.75) is 26.7 Å². The number of carbonyl (C=O) groups is 1. The van der Waals surface area contributed by atoms with Gasteiger partial charge in [0.1, 0.15) is 5.78 Å². The third-order valence-electron chi connectivity index (χ3n) is 4.12. The van der Waals surface area contributed by atoms with Gasteiger partial charge >= 0.3 is 0 Å². The van der Waals surface area contributed by atoms with E-state index in [0.717, 1.165) is 19.5 Å². The first-order valence-electron chi connectivity index (χ1n) is 6.96. The van der Waals surface area contributed by atoms with Crippen LogP contribution in [0.3, 0.4) is 0 Å². The Labute approximate surface area is 113 Å². The summed E-state index contributed by atoms with van der Waals surface area (Å²) in [6, 6.07) is 6.48. The third kappa shape index (κ3) is 2.30. The molecular formula is C16H20N2O. The second-order valence-corrected chi connectivity index (χ2v) is 5.60. The smallest absolute Gasteiger partial charge is 0.138 e. The monoisotopic (exact) mass is 256 g/mol. The fourth-order valence-electron chi connectivity index (χ4n) is 3.01. The lowest BCUT2D eigenvalue weighted by molar-refractivity contribution is -0.123. The van der Waals surface area contributed by atoms with Crippen LogP contribution in [-0.4, -0.2) is 23.9 Å². The van der Waals surface area contributed by atoms with E-state index < -0.39 is 0 Å². The van der Waals surface area contributed by atoms with Gasteiger partial charge in [-0.3, -0.25) is 4.79 Å².